The number of para-hydroxylation sites is 1. The first-order chi connectivity index (χ1) is 6.42. The van der Waals surface area contributed by atoms with Gasteiger partial charge >= 0.3 is 0 Å². The second kappa shape index (κ2) is 2.75. The first kappa shape index (κ1) is 9.57. The summed E-state index contributed by atoms with van der Waals surface area (Å²) < 4.78 is 6.06. The standard InChI is InChI=1S/C13H18O/c1-12(2,3)13(4)9-10-7-5-6-8-11(10)14-13/h5-8H,9H2,1-4H3/t13-/m0/s1. The average molecular weight is 190 g/mol. The Morgan fingerprint density at radius 1 is 1.21 bits per heavy atom. The molecule has 0 bridgehead atoms. The zero-order chi connectivity index (χ0) is 10.4. The van der Waals surface area contributed by atoms with Crippen molar-refractivity contribution in [2.45, 2.75) is 39.7 Å². The van der Waals surface area contributed by atoms with Gasteiger partial charge in [-0.25, -0.2) is 0 Å². The average Bonchev–Trinajstić information content (AvgIpc) is 2.40. The number of ether oxygens (including phenoxy) is 1. The number of benzene rings is 1. The van der Waals surface area contributed by atoms with Crippen molar-refractivity contribution >= 4 is 0 Å². The Balaban J connectivity index is 2.35. The van der Waals surface area contributed by atoms with E-state index in [9.17, 15) is 0 Å². The van der Waals surface area contributed by atoms with E-state index >= 15 is 0 Å². The van der Waals surface area contributed by atoms with Crippen LogP contribution in [0.25, 0.3) is 0 Å². The molecule has 76 valence electrons. The van der Waals surface area contributed by atoms with E-state index in [-0.39, 0.29) is 11.0 Å². The predicted octanol–water partition coefficient (Wildman–Crippen LogP) is 3.43. The molecular weight excluding hydrogens is 172 g/mol. The van der Waals surface area contributed by atoms with Crippen LogP contribution in [0.4, 0.5) is 0 Å². The fraction of sp³-hybridized carbons (Fsp3) is 0.538. The third-order valence-corrected chi connectivity index (χ3v) is 3.42. The largest absolute Gasteiger partial charge is 0.486 e. The Morgan fingerprint density at radius 2 is 1.86 bits per heavy atom. The minimum atomic E-state index is -0.0588. The van der Waals surface area contributed by atoms with Crippen LogP contribution in [0.3, 0.4) is 0 Å². The van der Waals surface area contributed by atoms with Crippen molar-refractivity contribution in [1.29, 1.82) is 0 Å². The summed E-state index contributed by atoms with van der Waals surface area (Å²) >= 11 is 0. The highest BCUT2D eigenvalue weighted by Crippen LogP contribution is 2.44. The van der Waals surface area contributed by atoms with Gasteiger partial charge in [0.25, 0.3) is 0 Å². The van der Waals surface area contributed by atoms with E-state index in [1.54, 1.807) is 0 Å². The molecule has 0 fully saturated rings. The lowest BCUT2D eigenvalue weighted by molar-refractivity contribution is 0.00355. The van der Waals surface area contributed by atoms with Crippen LogP contribution in [0.15, 0.2) is 24.3 Å². The summed E-state index contributed by atoms with van der Waals surface area (Å²) in [6.07, 6.45) is 1.02. The van der Waals surface area contributed by atoms with E-state index in [2.05, 4.69) is 45.9 Å². The summed E-state index contributed by atoms with van der Waals surface area (Å²) in [7, 11) is 0. The molecule has 1 aliphatic rings. The molecule has 1 atom stereocenters. The zero-order valence-electron chi connectivity index (χ0n) is 9.42. The molecule has 1 nitrogen and oxygen atoms in total. The van der Waals surface area contributed by atoms with Crippen LogP contribution in [0.1, 0.15) is 33.3 Å². The molecule has 1 heteroatoms. The molecule has 0 radical (unpaired) electrons. The molecule has 0 N–H and O–H groups in total. The highest BCUT2D eigenvalue weighted by molar-refractivity contribution is 5.39. The second-order valence-electron chi connectivity index (χ2n) is 5.37. The molecule has 0 aliphatic carbocycles. The second-order valence-corrected chi connectivity index (χ2v) is 5.37. The Bertz CT molecular complexity index is 321. The van der Waals surface area contributed by atoms with E-state index in [1.807, 2.05) is 6.07 Å². The lowest BCUT2D eigenvalue weighted by atomic mass is 9.75. The molecule has 0 unspecified atom stereocenters. The van der Waals surface area contributed by atoms with E-state index in [1.165, 1.54) is 5.56 Å². The van der Waals surface area contributed by atoms with Gasteiger partial charge in [-0.3, -0.25) is 0 Å². The summed E-state index contributed by atoms with van der Waals surface area (Å²) in [6.45, 7) is 8.91. The SMILES string of the molecule is CC(C)(C)[C@]1(C)Cc2ccccc2O1. The van der Waals surface area contributed by atoms with Crippen molar-refractivity contribution < 1.29 is 4.74 Å². The summed E-state index contributed by atoms with van der Waals surface area (Å²) in [5, 5.41) is 0. The highest BCUT2D eigenvalue weighted by atomic mass is 16.5. The van der Waals surface area contributed by atoms with Gasteiger partial charge < -0.3 is 4.74 Å². The molecule has 0 saturated carbocycles. The molecule has 0 spiro atoms. The first-order valence-corrected chi connectivity index (χ1v) is 5.19. The van der Waals surface area contributed by atoms with Gasteiger partial charge in [0.05, 0.1) is 0 Å². The van der Waals surface area contributed by atoms with Gasteiger partial charge in [-0.1, -0.05) is 39.0 Å². The number of hydrogen-bond acceptors (Lipinski definition) is 1. The Kier molecular flexibility index (Phi) is 1.88. The van der Waals surface area contributed by atoms with E-state index < -0.39 is 0 Å². The lowest BCUT2D eigenvalue weighted by Gasteiger charge is -2.37. The van der Waals surface area contributed by atoms with Gasteiger partial charge in [0.2, 0.25) is 0 Å². The molecule has 2 rings (SSSR count). The van der Waals surface area contributed by atoms with Crippen molar-refractivity contribution in [3.8, 4) is 5.75 Å². The minimum Gasteiger partial charge on any atom is -0.486 e. The van der Waals surface area contributed by atoms with Gasteiger partial charge in [-0.05, 0) is 18.6 Å². The summed E-state index contributed by atoms with van der Waals surface area (Å²) in [4.78, 5) is 0. The molecule has 0 aromatic heterocycles. The van der Waals surface area contributed by atoms with Crippen molar-refractivity contribution in [3.05, 3.63) is 29.8 Å². The molecule has 1 aromatic carbocycles. The molecule has 1 aromatic rings. The third kappa shape index (κ3) is 1.31. The maximum Gasteiger partial charge on any atom is 0.123 e. The van der Waals surface area contributed by atoms with E-state index in [0.29, 0.717) is 0 Å². The number of fused-ring (bicyclic) bond motifs is 1. The fourth-order valence-electron chi connectivity index (χ4n) is 1.81. The summed E-state index contributed by atoms with van der Waals surface area (Å²) in [6, 6.07) is 8.34. The van der Waals surface area contributed by atoms with Gasteiger partial charge in [0, 0.05) is 11.8 Å². The monoisotopic (exact) mass is 190 g/mol. The van der Waals surface area contributed by atoms with E-state index in [0.717, 1.165) is 12.2 Å². The lowest BCUT2D eigenvalue weighted by Crippen LogP contribution is -2.44. The predicted molar refractivity (Wildman–Crippen MR) is 58.6 cm³/mol. The summed E-state index contributed by atoms with van der Waals surface area (Å²) in [5.41, 5.74) is 1.45. The Hall–Kier alpha value is -0.980. The Morgan fingerprint density at radius 3 is 2.43 bits per heavy atom. The summed E-state index contributed by atoms with van der Waals surface area (Å²) in [5.74, 6) is 1.06. The van der Waals surface area contributed by atoms with Crippen LogP contribution in [0.5, 0.6) is 5.75 Å². The normalized spacial score (nSPS) is 25.7. The zero-order valence-corrected chi connectivity index (χ0v) is 9.42. The molecule has 0 amide bonds. The molecule has 14 heavy (non-hydrogen) atoms. The molecule has 1 heterocycles. The molecule has 1 aliphatic heterocycles. The quantitative estimate of drug-likeness (QED) is 0.609. The van der Waals surface area contributed by atoms with Crippen LogP contribution in [-0.4, -0.2) is 5.60 Å². The van der Waals surface area contributed by atoms with Gasteiger partial charge in [0.1, 0.15) is 11.4 Å². The maximum absolute atomic E-state index is 6.06. The van der Waals surface area contributed by atoms with Crippen molar-refractivity contribution in [2.24, 2.45) is 5.41 Å². The van der Waals surface area contributed by atoms with Crippen molar-refractivity contribution in [2.75, 3.05) is 0 Å². The Labute approximate surface area is 86.1 Å². The minimum absolute atomic E-state index is 0.0588. The molecular formula is C13H18O. The van der Waals surface area contributed by atoms with Gasteiger partial charge in [-0.15, -0.1) is 0 Å². The third-order valence-electron chi connectivity index (χ3n) is 3.42. The van der Waals surface area contributed by atoms with Crippen LogP contribution >= 0.6 is 0 Å². The van der Waals surface area contributed by atoms with Gasteiger partial charge in [-0.2, -0.15) is 0 Å². The van der Waals surface area contributed by atoms with Crippen LogP contribution < -0.4 is 4.74 Å². The maximum atomic E-state index is 6.06. The smallest absolute Gasteiger partial charge is 0.123 e. The highest BCUT2D eigenvalue weighted by Gasteiger charge is 2.44. The fourth-order valence-corrected chi connectivity index (χ4v) is 1.81. The number of rotatable bonds is 0. The number of hydrogen-bond donors (Lipinski definition) is 0. The first-order valence-electron chi connectivity index (χ1n) is 5.19. The van der Waals surface area contributed by atoms with E-state index in [4.69, 9.17) is 4.74 Å². The van der Waals surface area contributed by atoms with Crippen molar-refractivity contribution in [3.63, 3.8) is 0 Å². The molecule has 0 saturated heterocycles. The van der Waals surface area contributed by atoms with Crippen LogP contribution in [0, 0.1) is 5.41 Å². The van der Waals surface area contributed by atoms with Crippen LogP contribution in [0.2, 0.25) is 0 Å². The topological polar surface area (TPSA) is 9.23 Å². The van der Waals surface area contributed by atoms with Crippen molar-refractivity contribution in [1.82, 2.24) is 0 Å². The van der Waals surface area contributed by atoms with Gasteiger partial charge in [0.15, 0.2) is 0 Å². The van der Waals surface area contributed by atoms with Crippen LogP contribution in [-0.2, 0) is 6.42 Å².